The lowest BCUT2D eigenvalue weighted by molar-refractivity contribution is -0.119. The quantitative estimate of drug-likeness (QED) is 0.370. The summed E-state index contributed by atoms with van der Waals surface area (Å²) in [6, 6.07) is 6.62. The highest BCUT2D eigenvalue weighted by Crippen LogP contribution is 2.30. The van der Waals surface area contributed by atoms with Crippen LogP contribution in [0.3, 0.4) is 0 Å². The van der Waals surface area contributed by atoms with Gasteiger partial charge in [0.15, 0.2) is 11.4 Å². The van der Waals surface area contributed by atoms with Crippen LogP contribution in [0.2, 0.25) is 0 Å². The molecule has 12 heteroatoms. The molecule has 3 aromatic heterocycles. The number of nitrogens with zero attached hydrogens (tertiary/aromatic N) is 6. The molecule has 0 fully saturated rings. The highest BCUT2D eigenvalue weighted by Gasteiger charge is 2.38. The van der Waals surface area contributed by atoms with E-state index < -0.39 is 11.6 Å². The molecule has 2 amide bonds. The number of carbonyl (C=O) groups is 2. The van der Waals surface area contributed by atoms with Gasteiger partial charge in [0, 0.05) is 56.6 Å². The van der Waals surface area contributed by atoms with Gasteiger partial charge >= 0.3 is 6.09 Å². The molecule has 0 saturated carbocycles. The van der Waals surface area contributed by atoms with Crippen LogP contribution in [0.15, 0.2) is 66.6 Å². The van der Waals surface area contributed by atoms with Crippen LogP contribution in [0.4, 0.5) is 16.3 Å². The maximum absolute atomic E-state index is 13.7. The molecule has 5 rings (SSSR count). The average Bonchev–Trinajstić information content (AvgIpc) is 3.54. The van der Waals surface area contributed by atoms with Crippen molar-refractivity contribution in [2.75, 3.05) is 24.3 Å². The molecule has 0 bridgehead atoms. The number of benzene rings is 1. The van der Waals surface area contributed by atoms with Gasteiger partial charge < -0.3 is 24.9 Å². The number of aliphatic imine (C=N–C) groups is 1. The first-order chi connectivity index (χ1) is 17.8. The number of amides is 2. The fraction of sp³-hybridized carbons (Fsp3) is 0.200. The van der Waals surface area contributed by atoms with E-state index in [-0.39, 0.29) is 12.3 Å². The van der Waals surface area contributed by atoms with E-state index in [2.05, 4.69) is 30.2 Å². The number of imidazole rings is 1. The molecule has 1 aliphatic rings. The second-order valence-corrected chi connectivity index (χ2v) is 8.78. The molecule has 3 N–H and O–H groups in total. The zero-order valence-electron chi connectivity index (χ0n) is 20.5. The minimum Gasteiger partial charge on any atom is -0.410 e. The van der Waals surface area contributed by atoms with E-state index >= 15 is 0 Å². The maximum atomic E-state index is 13.7. The number of H-pyrrole nitrogens is 2. The summed E-state index contributed by atoms with van der Waals surface area (Å²) < 4.78 is 5.31. The summed E-state index contributed by atoms with van der Waals surface area (Å²) >= 11 is 0. The highest BCUT2D eigenvalue weighted by atomic mass is 16.6. The topological polar surface area (TPSA) is 144 Å². The molecule has 1 aromatic carbocycles. The van der Waals surface area contributed by atoms with E-state index in [4.69, 9.17) is 9.73 Å². The smallest absolute Gasteiger partial charge is 0.410 e. The SMILES string of the molecule is Cc1c[nH]c2ncnc(N3C=CC(Cc4cnc[nH]4)(C(=O)Nc4cccc(OC(=O)N(C)C)c4)N=C3)c12. The lowest BCUT2D eigenvalue weighted by Crippen LogP contribution is -2.45. The molecule has 188 valence electrons. The number of aryl methyl sites for hydroxylation is 1. The van der Waals surface area contributed by atoms with Crippen molar-refractivity contribution in [3.63, 3.8) is 0 Å². The number of hydrogen-bond donors (Lipinski definition) is 3. The third kappa shape index (κ3) is 4.76. The van der Waals surface area contributed by atoms with Crippen molar-refractivity contribution in [1.82, 2.24) is 29.8 Å². The molecule has 12 nitrogen and oxygen atoms in total. The Labute approximate surface area is 212 Å². The molecular weight excluding hydrogens is 474 g/mol. The van der Waals surface area contributed by atoms with E-state index in [1.807, 2.05) is 13.1 Å². The molecular formula is C25H25N9O3. The van der Waals surface area contributed by atoms with Crippen molar-refractivity contribution in [2.45, 2.75) is 18.9 Å². The van der Waals surface area contributed by atoms with Crippen molar-refractivity contribution >= 4 is 40.9 Å². The maximum Gasteiger partial charge on any atom is 0.414 e. The van der Waals surface area contributed by atoms with Crippen molar-refractivity contribution in [3.05, 3.63) is 72.8 Å². The van der Waals surface area contributed by atoms with E-state index in [1.165, 1.54) is 11.2 Å². The van der Waals surface area contributed by atoms with Gasteiger partial charge in [-0.1, -0.05) is 6.07 Å². The Balaban J connectivity index is 1.43. The number of hydrogen-bond acceptors (Lipinski definition) is 8. The molecule has 0 saturated heterocycles. The number of aromatic nitrogens is 5. The minimum absolute atomic E-state index is 0.247. The molecule has 0 spiro atoms. The summed E-state index contributed by atoms with van der Waals surface area (Å²) in [6.07, 6.45) is 11.4. The number of fused-ring (bicyclic) bond motifs is 1. The second kappa shape index (κ2) is 9.57. The molecule has 1 unspecified atom stereocenters. The van der Waals surface area contributed by atoms with Crippen LogP contribution in [0.5, 0.6) is 5.75 Å². The first kappa shape index (κ1) is 23.7. The van der Waals surface area contributed by atoms with E-state index in [1.54, 1.807) is 74.4 Å². The lowest BCUT2D eigenvalue weighted by Gasteiger charge is -2.30. The zero-order valence-corrected chi connectivity index (χ0v) is 20.5. The normalized spacial score (nSPS) is 16.7. The van der Waals surface area contributed by atoms with Gasteiger partial charge in [-0.25, -0.2) is 19.7 Å². The Kier molecular flexibility index (Phi) is 6.14. The molecule has 1 atom stereocenters. The van der Waals surface area contributed by atoms with Gasteiger partial charge in [0.25, 0.3) is 5.91 Å². The Morgan fingerprint density at radius 1 is 1.22 bits per heavy atom. The van der Waals surface area contributed by atoms with Gasteiger partial charge in [-0.3, -0.25) is 14.7 Å². The molecule has 0 aliphatic carbocycles. The third-order valence-corrected chi connectivity index (χ3v) is 5.89. The molecule has 37 heavy (non-hydrogen) atoms. The number of aromatic amines is 2. The van der Waals surface area contributed by atoms with Crippen molar-refractivity contribution in [1.29, 1.82) is 0 Å². The number of ether oxygens (including phenoxy) is 1. The van der Waals surface area contributed by atoms with Crippen LogP contribution < -0.4 is 15.0 Å². The summed E-state index contributed by atoms with van der Waals surface area (Å²) in [5.41, 5.74) is 1.65. The fourth-order valence-electron chi connectivity index (χ4n) is 3.93. The van der Waals surface area contributed by atoms with E-state index in [0.717, 1.165) is 16.6 Å². The second-order valence-electron chi connectivity index (χ2n) is 8.78. The van der Waals surface area contributed by atoms with E-state index in [0.29, 0.717) is 22.9 Å². The summed E-state index contributed by atoms with van der Waals surface area (Å²) in [5.74, 6) is 0.591. The first-order valence-electron chi connectivity index (χ1n) is 11.4. The molecule has 4 aromatic rings. The van der Waals surface area contributed by atoms with Crippen LogP contribution in [-0.4, -0.2) is 67.8 Å². The third-order valence-electron chi connectivity index (χ3n) is 5.89. The van der Waals surface area contributed by atoms with Crippen LogP contribution in [-0.2, 0) is 11.2 Å². The minimum atomic E-state index is -1.27. The van der Waals surface area contributed by atoms with Gasteiger partial charge in [-0.15, -0.1) is 0 Å². The number of anilines is 2. The summed E-state index contributed by atoms with van der Waals surface area (Å²) in [5, 5.41) is 3.77. The highest BCUT2D eigenvalue weighted by molar-refractivity contribution is 6.04. The van der Waals surface area contributed by atoms with Crippen LogP contribution in [0.1, 0.15) is 11.3 Å². The fourth-order valence-corrected chi connectivity index (χ4v) is 3.93. The molecule has 1 aliphatic heterocycles. The standard InChI is InChI=1S/C25H25N9O3/c1-16-11-27-21-20(16)22(30-14-29-21)34-8-7-25(31-15-34,10-18-12-26-13-28-18)23(35)32-17-5-4-6-19(9-17)37-24(36)33(2)3/h4-9,11-15H,10H2,1-3H3,(H,26,28)(H,32,35)(H,27,29,30). The lowest BCUT2D eigenvalue weighted by atomic mass is 9.92. The summed E-state index contributed by atoms with van der Waals surface area (Å²) in [7, 11) is 3.18. The van der Waals surface area contributed by atoms with Crippen molar-refractivity contribution < 1.29 is 14.3 Å². The van der Waals surface area contributed by atoms with Crippen molar-refractivity contribution in [2.24, 2.45) is 4.99 Å². The predicted octanol–water partition coefficient (Wildman–Crippen LogP) is 3.03. The Morgan fingerprint density at radius 3 is 2.81 bits per heavy atom. The van der Waals surface area contributed by atoms with Crippen LogP contribution >= 0.6 is 0 Å². The van der Waals surface area contributed by atoms with Gasteiger partial charge in [0.05, 0.1) is 18.1 Å². The van der Waals surface area contributed by atoms with Crippen LogP contribution in [0.25, 0.3) is 11.0 Å². The zero-order chi connectivity index (χ0) is 26.0. The Bertz CT molecular complexity index is 1490. The Morgan fingerprint density at radius 2 is 2.08 bits per heavy atom. The summed E-state index contributed by atoms with van der Waals surface area (Å²) in [4.78, 5) is 52.3. The van der Waals surface area contributed by atoms with E-state index in [9.17, 15) is 9.59 Å². The Hall–Kier alpha value is -5.00. The number of rotatable bonds is 6. The monoisotopic (exact) mass is 499 g/mol. The molecule has 0 radical (unpaired) electrons. The van der Waals surface area contributed by atoms with Crippen molar-refractivity contribution in [3.8, 4) is 5.75 Å². The first-order valence-corrected chi connectivity index (χ1v) is 11.4. The van der Waals surface area contributed by atoms with Gasteiger partial charge in [0.1, 0.15) is 17.7 Å². The van der Waals surface area contributed by atoms with Crippen LogP contribution in [0, 0.1) is 6.92 Å². The average molecular weight is 500 g/mol. The number of carbonyl (C=O) groups excluding carboxylic acids is 2. The van der Waals surface area contributed by atoms with Gasteiger partial charge in [0.2, 0.25) is 0 Å². The summed E-state index contributed by atoms with van der Waals surface area (Å²) in [6.45, 7) is 1.97. The molecule has 4 heterocycles. The van der Waals surface area contributed by atoms with Gasteiger partial charge in [-0.05, 0) is 30.7 Å². The predicted molar refractivity (Wildman–Crippen MR) is 139 cm³/mol. The number of nitrogens with one attached hydrogen (secondary N) is 3. The van der Waals surface area contributed by atoms with Gasteiger partial charge in [-0.2, -0.15) is 0 Å². The largest absolute Gasteiger partial charge is 0.414 e.